The molecule has 0 radical (unpaired) electrons. The van der Waals surface area contributed by atoms with Crippen LogP contribution in [0, 0.1) is 0 Å². The number of primary amides is 1. The van der Waals surface area contributed by atoms with Gasteiger partial charge >= 0.3 is 12.0 Å². The molecule has 0 spiro atoms. The summed E-state index contributed by atoms with van der Waals surface area (Å²) in [5.74, 6) is -1.38. The summed E-state index contributed by atoms with van der Waals surface area (Å²) in [6.07, 6.45) is 1.17. The van der Waals surface area contributed by atoms with Gasteiger partial charge in [-0.05, 0) is 44.0 Å². The Balaban J connectivity index is 2.39. The molecule has 1 unspecified atom stereocenters. The molecule has 0 aliphatic carbocycles. The summed E-state index contributed by atoms with van der Waals surface area (Å²) < 4.78 is 0. The van der Waals surface area contributed by atoms with Crippen molar-refractivity contribution in [3.63, 3.8) is 0 Å². The van der Waals surface area contributed by atoms with Crippen LogP contribution in [-0.2, 0) is 4.79 Å². The van der Waals surface area contributed by atoms with Crippen LogP contribution in [0.15, 0.2) is 24.3 Å². The number of nitrogens with two attached hydrogens (primary N) is 1. The minimum atomic E-state index is -0.846. The zero-order chi connectivity index (χ0) is 15.8. The van der Waals surface area contributed by atoms with E-state index in [9.17, 15) is 14.4 Å². The zero-order valence-corrected chi connectivity index (χ0v) is 11.8. The van der Waals surface area contributed by atoms with Crippen molar-refractivity contribution >= 4 is 23.6 Å². The van der Waals surface area contributed by atoms with Crippen molar-refractivity contribution in [3.8, 4) is 0 Å². The molecule has 1 rings (SSSR count). The molecule has 1 aromatic carbocycles. The summed E-state index contributed by atoms with van der Waals surface area (Å²) in [6, 6.07) is 5.69. The van der Waals surface area contributed by atoms with Gasteiger partial charge in [0.25, 0.3) is 0 Å². The fourth-order valence-corrected chi connectivity index (χ4v) is 1.74. The van der Waals surface area contributed by atoms with Gasteiger partial charge in [0, 0.05) is 23.7 Å². The average molecular weight is 293 g/mol. The normalized spacial score (nSPS) is 11.5. The lowest BCUT2D eigenvalue weighted by Crippen LogP contribution is -2.36. The molecule has 0 aliphatic rings. The SMILES string of the molecule is CC(CCCC(=O)O)NC(=O)Nc1ccc(C(N)=O)cc1. The van der Waals surface area contributed by atoms with Crippen molar-refractivity contribution in [2.24, 2.45) is 5.73 Å². The minimum absolute atomic E-state index is 0.0855. The predicted molar refractivity (Wildman–Crippen MR) is 78.1 cm³/mol. The highest BCUT2D eigenvalue weighted by molar-refractivity contribution is 5.94. The van der Waals surface area contributed by atoms with Gasteiger partial charge in [-0.3, -0.25) is 9.59 Å². The van der Waals surface area contributed by atoms with Crippen molar-refractivity contribution in [3.05, 3.63) is 29.8 Å². The van der Waals surface area contributed by atoms with Gasteiger partial charge in [0.2, 0.25) is 5.91 Å². The van der Waals surface area contributed by atoms with Crippen molar-refractivity contribution < 1.29 is 19.5 Å². The fourth-order valence-electron chi connectivity index (χ4n) is 1.74. The minimum Gasteiger partial charge on any atom is -0.481 e. The summed E-state index contributed by atoms with van der Waals surface area (Å²) in [5.41, 5.74) is 6.02. The van der Waals surface area contributed by atoms with E-state index in [0.29, 0.717) is 24.1 Å². The number of carbonyl (C=O) groups is 3. The highest BCUT2D eigenvalue weighted by atomic mass is 16.4. The van der Waals surface area contributed by atoms with E-state index in [0.717, 1.165) is 0 Å². The molecule has 0 saturated carbocycles. The van der Waals surface area contributed by atoms with Crippen molar-refractivity contribution in [2.45, 2.75) is 32.2 Å². The summed E-state index contributed by atoms with van der Waals surface area (Å²) >= 11 is 0. The molecule has 5 N–H and O–H groups in total. The van der Waals surface area contributed by atoms with Gasteiger partial charge in [-0.15, -0.1) is 0 Å². The number of carboxylic acid groups (broad SMARTS) is 1. The van der Waals surface area contributed by atoms with Crippen LogP contribution in [-0.4, -0.2) is 29.1 Å². The number of hydrogen-bond acceptors (Lipinski definition) is 3. The Morgan fingerprint density at radius 1 is 1.24 bits per heavy atom. The van der Waals surface area contributed by atoms with Gasteiger partial charge in [-0.25, -0.2) is 4.79 Å². The summed E-state index contributed by atoms with van der Waals surface area (Å²) in [5, 5.41) is 13.9. The van der Waals surface area contributed by atoms with E-state index >= 15 is 0 Å². The van der Waals surface area contributed by atoms with E-state index in [1.54, 1.807) is 19.1 Å². The van der Waals surface area contributed by atoms with Crippen LogP contribution in [0.3, 0.4) is 0 Å². The van der Waals surface area contributed by atoms with Crippen LogP contribution in [0.4, 0.5) is 10.5 Å². The first-order valence-electron chi connectivity index (χ1n) is 6.57. The molecule has 0 fully saturated rings. The van der Waals surface area contributed by atoms with Crippen LogP contribution < -0.4 is 16.4 Å². The molecule has 1 aromatic rings. The first kappa shape index (κ1) is 16.5. The van der Waals surface area contributed by atoms with Crippen LogP contribution >= 0.6 is 0 Å². The monoisotopic (exact) mass is 293 g/mol. The lowest BCUT2D eigenvalue weighted by Gasteiger charge is -2.14. The van der Waals surface area contributed by atoms with Gasteiger partial charge in [0.15, 0.2) is 0 Å². The summed E-state index contributed by atoms with van der Waals surface area (Å²) in [7, 11) is 0. The maximum absolute atomic E-state index is 11.7. The summed E-state index contributed by atoms with van der Waals surface area (Å²) in [4.78, 5) is 33.0. The van der Waals surface area contributed by atoms with Gasteiger partial charge in [0.1, 0.15) is 0 Å². The van der Waals surface area contributed by atoms with Crippen LogP contribution in [0.1, 0.15) is 36.5 Å². The number of carboxylic acids is 1. The summed E-state index contributed by atoms with van der Waals surface area (Å²) in [6.45, 7) is 1.80. The number of aliphatic carboxylic acids is 1. The Morgan fingerprint density at radius 2 is 1.86 bits per heavy atom. The zero-order valence-electron chi connectivity index (χ0n) is 11.8. The quantitative estimate of drug-likeness (QED) is 0.609. The number of benzene rings is 1. The van der Waals surface area contributed by atoms with Gasteiger partial charge in [0.05, 0.1) is 0 Å². The Labute approximate surface area is 122 Å². The maximum atomic E-state index is 11.7. The van der Waals surface area contributed by atoms with E-state index in [1.165, 1.54) is 12.1 Å². The average Bonchev–Trinajstić information content (AvgIpc) is 2.38. The van der Waals surface area contributed by atoms with Crippen LogP contribution in [0.2, 0.25) is 0 Å². The number of rotatable bonds is 7. The molecule has 7 nitrogen and oxygen atoms in total. The molecule has 0 aliphatic heterocycles. The molecule has 3 amide bonds. The standard InChI is InChI=1S/C14H19N3O4/c1-9(3-2-4-12(18)19)16-14(21)17-11-7-5-10(6-8-11)13(15)20/h5-9H,2-4H2,1H3,(H2,15,20)(H,18,19)(H2,16,17,21). The first-order valence-corrected chi connectivity index (χ1v) is 6.57. The Bertz CT molecular complexity index is 513. The molecule has 1 atom stereocenters. The Hall–Kier alpha value is -2.57. The number of hydrogen-bond donors (Lipinski definition) is 4. The fraction of sp³-hybridized carbons (Fsp3) is 0.357. The molecule has 0 bridgehead atoms. The molecule has 0 saturated heterocycles. The number of nitrogens with one attached hydrogen (secondary N) is 2. The van der Waals surface area contributed by atoms with E-state index in [4.69, 9.17) is 10.8 Å². The third-order valence-electron chi connectivity index (χ3n) is 2.83. The molecular formula is C14H19N3O4. The second kappa shape index (κ2) is 7.88. The van der Waals surface area contributed by atoms with Gasteiger partial charge < -0.3 is 21.5 Å². The van der Waals surface area contributed by atoms with E-state index in [2.05, 4.69) is 10.6 Å². The predicted octanol–water partition coefficient (Wildman–Crippen LogP) is 1.55. The van der Waals surface area contributed by atoms with Gasteiger partial charge in [-0.2, -0.15) is 0 Å². The van der Waals surface area contributed by atoms with Crippen LogP contribution in [0.25, 0.3) is 0 Å². The van der Waals surface area contributed by atoms with E-state index < -0.39 is 11.9 Å². The highest BCUT2D eigenvalue weighted by Gasteiger charge is 2.08. The van der Waals surface area contributed by atoms with Crippen molar-refractivity contribution in [1.82, 2.24) is 5.32 Å². The first-order chi connectivity index (χ1) is 9.88. The third-order valence-corrected chi connectivity index (χ3v) is 2.83. The molecule has 7 heteroatoms. The number of anilines is 1. The molecule has 114 valence electrons. The smallest absolute Gasteiger partial charge is 0.319 e. The number of amides is 3. The highest BCUT2D eigenvalue weighted by Crippen LogP contribution is 2.09. The molecule has 0 heterocycles. The Kier molecular flexibility index (Phi) is 6.19. The third kappa shape index (κ3) is 6.42. The number of carbonyl (C=O) groups excluding carboxylic acids is 2. The lowest BCUT2D eigenvalue weighted by molar-refractivity contribution is -0.137. The maximum Gasteiger partial charge on any atom is 0.319 e. The van der Waals surface area contributed by atoms with Crippen molar-refractivity contribution in [1.29, 1.82) is 0 Å². The molecule has 21 heavy (non-hydrogen) atoms. The second-order valence-electron chi connectivity index (χ2n) is 4.73. The van der Waals surface area contributed by atoms with Crippen molar-refractivity contribution in [2.75, 3.05) is 5.32 Å². The molecular weight excluding hydrogens is 274 g/mol. The second-order valence-corrected chi connectivity index (χ2v) is 4.73. The van der Waals surface area contributed by atoms with Gasteiger partial charge in [-0.1, -0.05) is 0 Å². The Morgan fingerprint density at radius 3 is 2.38 bits per heavy atom. The van der Waals surface area contributed by atoms with E-state index in [1.807, 2.05) is 0 Å². The number of urea groups is 1. The molecule has 0 aromatic heterocycles. The van der Waals surface area contributed by atoms with Crippen LogP contribution in [0.5, 0.6) is 0 Å². The topological polar surface area (TPSA) is 122 Å². The lowest BCUT2D eigenvalue weighted by atomic mass is 10.1. The largest absolute Gasteiger partial charge is 0.481 e. The van der Waals surface area contributed by atoms with E-state index in [-0.39, 0.29) is 18.5 Å².